The molecule has 1 aliphatic heterocycles. The van der Waals surface area contributed by atoms with Gasteiger partial charge in [-0.3, -0.25) is 9.59 Å². The molecular formula is C15H19N3O3S. The highest BCUT2D eigenvalue weighted by atomic mass is 32.2. The van der Waals surface area contributed by atoms with Gasteiger partial charge in [-0.2, -0.15) is 4.99 Å². The average Bonchev–Trinajstić information content (AvgIpc) is 2.79. The Morgan fingerprint density at radius 2 is 2.14 bits per heavy atom. The van der Waals surface area contributed by atoms with Gasteiger partial charge in [-0.1, -0.05) is 25.1 Å². The van der Waals surface area contributed by atoms with Crippen molar-refractivity contribution in [3.8, 4) is 5.75 Å². The highest BCUT2D eigenvalue weighted by Crippen LogP contribution is 2.23. The number of rotatable bonds is 7. The minimum atomic E-state index is -0.517. The SMILES string of the molecule is CCCCOc1ccc(NC(=O)CC2SC(N)=NC2=O)cc1. The summed E-state index contributed by atoms with van der Waals surface area (Å²) in [5.41, 5.74) is 6.12. The number of amides is 2. The van der Waals surface area contributed by atoms with Gasteiger partial charge in [0.1, 0.15) is 11.0 Å². The highest BCUT2D eigenvalue weighted by Gasteiger charge is 2.29. The summed E-state index contributed by atoms with van der Waals surface area (Å²) >= 11 is 1.12. The summed E-state index contributed by atoms with van der Waals surface area (Å²) in [7, 11) is 0. The second kappa shape index (κ2) is 7.84. The maximum atomic E-state index is 11.9. The summed E-state index contributed by atoms with van der Waals surface area (Å²) in [6.45, 7) is 2.79. The van der Waals surface area contributed by atoms with Crippen molar-refractivity contribution in [2.75, 3.05) is 11.9 Å². The van der Waals surface area contributed by atoms with Crippen molar-refractivity contribution < 1.29 is 14.3 Å². The fourth-order valence-electron chi connectivity index (χ4n) is 1.88. The fraction of sp³-hybridized carbons (Fsp3) is 0.400. The summed E-state index contributed by atoms with van der Waals surface area (Å²) in [4.78, 5) is 27.0. The standard InChI is InChI=1S/C15H19N3O3S/c1-2-3-8-21-11-6-4-10(5-7-11)17-13(19)9-12-14(20)18-15(16)22-12/h4-7,12H,2-3,8-9H2,1H3,(H,17,19)(H2,16,18,20). The zero-order valence-corrected chi connectivity index (χ0v) is 13.2. The van der Waals surface area contributed by atoms with Crippen molar-refractivity contribution in [2.45, 2.75) is 31.4 Å². The Bertz CT molecular complexity index is 572. The Labute approximate surface area is 133 Å². The van der Waals surface area contributed by atoms with Crippen LogP contribution in [0.3, 0.4) is 0 Å². The molecule has 0 aliphatic carbocycles. The molecule has 3 N–H and O–H groups in total. The number of nitrogens with two attached hydrogens (primary N) is 1. The summed E-state index contributed by atoms with van der Waals surface area (Å²) in [6.07, 6.45) is 2.15. The first-order valence-corrected chi connectivity index (χ1v) is 8.04. The first-order valence-electron chi connectivity index (χ1n) is 7.16. The van der Waals surface area contributed by atoms with E-state index in [1.807, 2.05) is 12.1 Å². The quantitative estimate of drug-likeness (QED) is 0.751. The molecule has 22 heavy (non-hydrogen) atoms. The van der Waals surface area contributed by atoms with Crippen LogP contribution in [0.1, 0.15) is 26.2 Å². The van der Waals surface area contributed by atoms with Crippen LogP contribution in [0.4, 0.5) is 5.69 Å². The smallest absolute Gasteiger partial charge is 0.262 e. The Balaban J connectivity index is 1.80. The van der Waals surface area contributed by atoms with E-state index in [2.05, 4.69) is 17.2 Å². The van der Waals surface area contributed by atoms with Gasteiger partial charge in [-0.25, -0.2) is 0 Å². The molecule has 7 heteroatoms. The number of carbonyl (C=O) groups excluding carboxylic acids is 2. The van der Waals surface area contributed by atoms with Crippen LogP contribution in [0.15, 0.2) is 29.3 Å². The highest BCUT2D eigenvalue weighted by molar-refractivity contribution is 8.15. The number of nitrogens with zero attached hydrogens (tertiary/aromatic N) is 1. The van der Waals surface area contributed by atoms with Gasteiger partial charge in [0.25, 0.3) is 5.91 Å². The van der Waals surface area contributed by atoms with E-state index < -0.39 is 5.25 Å². The lowest BCUT2D eigenvalue weighted by molar-refractivity contribution is -0.121. The number of hydrogen-bond donors (Lipinski definition) is 2. The Morgan fingerprint density at radius 3 is 2.73 bits per heavy atom. The van der Waals surface area contributed by atoms with Gasteiger partial charge in [0.2, 0.25) is 5.91 Å². The molecule has 1 aliphatic rings. The van der Waals surface area contributed by atoms with Crippen LogP contribution in [0.25, 0.3) is 0 Å². The van der Waals surface area contributed by atoms with E-state index in [9.17, 15) is 9.59 Å². The molecule has 1 aromatic rings. The van der Waals surface area contributed by atoms with E-state index in [1.54, 1.807) is 12.1 Å². The first kappa shape index (κ1) is 16.4. The molecule has 0 saturated carbocycles. The van der Waals surface area contributed by atoms with Gasteiger partial charge in [-0.15, -0.1) is 0 Å². The van der Waals surface area contributed by atoms with E-state index in [1.165, 1.54) is 0 Å². The number of aliphatic imine (C=N–C) groups is 1. The molecule has 1 heterocycles. The number of nitrogens with one attached hydrogen (secondary N) is 1. The number of amidine groups is 1. The van der Waals surface area contributed by atoms with Crippen molar-refractivity contribution in [3.63, 3.8) is 0 Å². The van der Waals surface area contributed by atoms with E-state index >= 15 is 0 Å². The second-order valence-corrected chi connectivity index (χ2v) is 6.10. The number of thioether (sulfide) groups is 1. The van der Waals surface area contributed by atoms with Gasteiger partial charge in [-0.05, 0) is 30.7 Å². The number of anilines is 1. The van der Waals surface area contributed by atoms with Crippen LogP contribution in [-0.4, -0.2) is 28.8 Å². The number of benzene rings is 1. The predicted octanol–water partition coefficient (Wildman–Crippen LogP) is 2.15. The zero-order chi connectivity index (χ0) is 15.9. The molecule has 1 aromatic carbocycles. The van der Waals surface area contributed by atoms with Gasteiger partial charge >= 0.3 is 0 Å². The van der Waals surface area contributed by atoms with Gasteiger partial charge < -0.3 is 15.8 Å². The predicted molar refractivity (Wildman–Crippen MR) is 88.1 cm³/mol. The molecule has 0 fully saturated rings. The summed E-state index contributed by atoms with van der Waals surface area (Å²) < 4.78 is 5.55. The van der Waals surface area contributed by atoms with Crippen LogP contribution < -0.4 is 15.8 Å². The Hall–Kier alpha value is -2.02. The van der Waals surface area contributed by atoms with Crippen molar-refractivity contribution >= 4 is 34.4 Å². The lowest BCUT2D eigenvalue weighted by Gasteiger charge is -2.09. The molecular weight excluding hydrogens is 302 g/mol. The summed E-state index contributed by atoms with van der Waals surface area (Å²) in [6, 6.07) is 7.16. The van der Waals surface area contributed by atoms with Gasteiger partial charge in [0.15, 0.2) is 5.17 Å². The summed E-state index contributed by atoms with van der Waals surface area (Å²) in [5.74, 6) is 0.182. The van der Waals surface area contributed by atoms with Crippen LogP contribution in [0.5, 0.6) is 5.75 Å². The number of carbonyl (C=O) groups is 2. The molecule has 1 unspecified atom stereocenters. The normalized spacial score (nSPS) is 17.2. The molecule has 0 spiro atoms. The maximum absolute atomic E-state index is 11.9. The van der Waals surface area contributed by atoms with Crippen molar-refractivity contribution in [1.29, 1.82) is 0 Å². The first-order chi connectivity index (χ1) is 10.6. The third-order valence-electron chi connectivity index (χ3n) is 3.03. The minimum Gasteiger partial charge on any atom is -0.494 e. The van der Waals surface area contributed by atoms with Gasteiger partial charge in [0.05, 0.1) is 6.61 Å². The van der Waals surface area contributed by atoms with E-state index in [4.69, 9.17) is 10.5 Å². The number of ether oxygens (including phenoxy) is 1. The van der Waals surface area contributed by atoms with Crippen molar-refractivity contribution in [2.24, 2.45) is 10.7 Å². The zero-order valence-electron chi connectivity index (χ0n) is 12.4. The van der Waals surface area contributed by atoms with E-state index in [0.29, 0.717) is 12.3 Å². The maximum Gasteiger partial charge on any atom is 0.262 e. The van der Waals surface area contributed by atoms with E-state index in [0.717, 1.165) is 30.4 Å². The van der Waals surface area contributed by atoms with Crippen molar-refractivity contribution in [1.82, 2.24) is 0 Å². The molecule has 1 atom stereocenters. The van der Waals surface area contributed by atoms with Gasteiger partial charge in [0, 0.05) is 12.1 Å². The minimum absolute atomic E-state index is 0.0580. The van der Waals surface area contributed by atoms with E-state index in [-0.39, 0.29) is 23.4 Å². The lowest BCUT2D eigenvalue weighted by Crippen LogP contribution is -2.21. The van der Waals surface area contributed by atoms with Crippen molar-refractivity contribution in [3.05, 3.63) is 24.3 Å². The number of unbranched alkanes of at least 4 members (excludes halogenated alkanes) is 1. The molecule has 2 rings (SSSR count). The van der Waals surface area contributed by atoms with Crippen LogP contribution >= 0.6 is 11.8 Å². The second-order valence-electron chi connectivity index (χ2n) is 4.87. The molecule has 6 nitrogen and oxygen atoms in total. The average molecular weight is 321 g/mol. The molecule has 0 bridgehead atoms. The van der Waals surface area contributed by atoms with Crippen LogP contribution in [-0.2, 0) is 9.59 Å². The summed E-state index contributed by atoms with van der Waals surface area (Å²) in [5, 5.41) is 2.45. The monoisotopic (exact) mass is 321 g/mol. The lowest BCUT2D eigenvalue weighted by atomic mass is 10.2. The van der Waals surface area contributed by atoms with Crippen LogP contribution in [0.2, 0.25) is 0 Å². The molecule has 118 valence electrons. The Morgan fingerprint density at radius 1 is 1.41 bits per heavy atom. The van der Waals surface area contributed by atoms with Crippen LogP contribution in [0, 0.1) is 0 Å². The fourth-order valence-corrected chi connectivity index (χ4v) is 2.70. The largest absolute Gasteiger partial charge is 0.494 e. The topological polar surface area (TPSA) is 93.8 Å². The Kier molecular flexibility index (Phi) is 5.83. The molecule has 2 amide bonds. The third-order valence-corrected chi connectivity index (χ3v) is 4.02. The molecule has 0 aromatic heterocycles. The number of hydrogen-bond acceptors (Lipinski definition) is 5. The molecule has 0 saturated heterocycles. The third kappa shape index (κ3) is 4.77. The molecule has 0 radical (unpaired) electrons.